The van der Waals surface area contributed by atoms with Gasteiger partial charge in [0.15, 0.2) is 0 Å². The van der Waals surface area contributed by atoms with Gasteiger partial charge in [-0.1, -0.05) is 6.07 Å². The number of fused-ring (bicyclic) bond motifs is 1. The molecule has 0 spiro atoms. The molecule has 1 aromatic carbocycles. The summed E-state index contributed by atoms with van der Waals surface area (Å²) in [5.41, 5.74) is 7.84. The van der Waals surface area contributed by atoms with Gasteiger partial charge in [-0.3, -0.25) is 9.59 Å². The minimum Gasteiger partial charge on any atom is -0.366 e. The zero-order valence-corrected chi connectivity index (χ0v) is 12.4. The molecule has 3 rings (SSSR count). The van der Waals surface area contributed by atoms with E-state index in [1.54, 1.807) is 24.3 Å². The average molecular weight is 308 g/mol. The van der Waals surface area contributed by atoms with Crippen molar-refractivity contribution in [2.45, 2.75) is 6.42 Å². The highest BCUT2D eigenvalue weighted by molar-refractivity contribution is 5.97. The summed E-state index contributed by atoms with van der Waals surface area (Å²) in [6.07, 6.45) is 4.53. The fraction of sp³-hybridized carbons (Fsp3) is 0.118. The third kappa shape index (κ3) is 3.37. The van der Waals surface area contributed by atoms with Crippen LogP contribution in [0.4, 0.5) is 0 Å². The number of carbonyl (C=O) groups is 2. The van der Waals surface area contributed by atoms with Gasteiger partial charge in [0.25, 0.3) is 5.91 Å². The molecule has 3 aromatic rings. The van der Waals surface area contributed by atoms with Crippen molar-refractivity contribution < 1.29 is 9.59 Å². The maximum Gasteiger partial charge on any atom is 0.251 e. The first-order valence-corrected chi connectivity index (χ1v) is 7.24. The fourth-order valence-corrected chi connectivity index (χ4v) is 2.30. The Morgan fingerprint density at radius 3 is 2.52 bits per heavy atom. The molecule has 0 atom stereocenters. The van der Waals surface area contributed by atoms with Crippen molar-refractivity contribution in [1.29, 1.82) is 0 Å². The maximum absolute atomic E-state index is 12.0. The van der Waals surface area contributed by atoms with Gasteiger partial charge in [0.1, 0.15) is 5.65 Å². The lowest BCUT2D eigenvalue weighted by atomic mass is 10.1. The van der Waals surface area contributed by atoms with Gasteiger partial charge >= 0.3 is 0 Å². The normalized spacial score (nSPS) is 10.6. The van der Waals surface area contributed by atoms with Crippen LogP contribution in [0, 0.1) is 0 Å². The number of carbonyl (C=O) groups excluding carboxylic acids is 2. The maximum atomic E-state index is 12.0. The van der Waals surface area contributed by atoms with E-state index >= 15 is 0 Å². The molecule has 0 aliphatic rings. The summed E-state index contributed by atoms with van der Waals surface area (Å²) in [5.74, 6) is -0.700. The van der Waals surface area contributed by atoms with Crippen LogP contribution < -0.4 is 11.1 Å². The van der Waals surface area contributed by atoms with Crippen molar-refractivity contribution in [3.05, 3.63) is 71.7 Å². The topological polar surface area (TPSA) is 89.5 Å². The van der Waals surface area contributed by atoms with Crippen LogP contribution in [0.5, 0.6) is 0 Å². The summed E-state index contributed by atoms with van der Waals surface area (Å²) in [5, 5.41) is 2.84. The third-order valence-electron chi connectivity index (χ3n) is 3.51. The van der Waals surface area contributed by atoms with Crippen LogP contribution >= 0.6 is 0 Å². The Kier molecular flexibility index (Phi) is 4.05. The van der Waals surface area contributed by atoms with Crippen molar-refractivity contribution in [1.82, 2.24) is 14.7 Å². The minimum absolute atomic E-state index is 0.190. The number of nitrogens with one attached hydrogen (secondary N) is 1. The van der Waals surface area contributed by atoms with Gasteiger partial charge in [-0.25, -0.2) is 4.98 Å². The van der Waals surface area contributed by atoms with E-state index in [0.29, 0.717) is 24.1 Å². The molecule has 2 amide bonds. The second kappa shape index (κ2) is 6.31. The van der Waals surface area contributed by atoms with Crippen LogP contribution in [0.3, 0.4) is 0 Å². The Labute approximate surface area is 132 Å². The van der Waals surface area contributed by atoms with Crippen LogP contribution in [-0.2, 0) is 6.42 Å². The van der Waals surface area contributed by atoms with E-state index in [9.17, 15) is 9.59 Å². The molecule has 0 fully saturated rings. The summed E-state index contributed by atoms with van der Waals surface area (Å²) in [4.78, 5) is 27.5. The van der Waals surface area contributed by atoms with Crippen LogP contribution in [0.2, 0.25) is 0 Å². The summed E-state index contributed by atoms with van der Waals surface area (Å²) >= 11 is 0. The summed E-state index contributed by atoms with van der Waals surface area (Å²) in [6.45, 7) is 0.486. The minimum atomic E-state index is -0.510. The number of hydrogen-bond acceptors (Lipinski definition) is 3. The monoisotopic (exact) mass is 308 g/mol. The van der Waals surface area contributed by atoms with E-state index in [-0.39, 0.29) is 5.91 Å². The van der Waals surface area contributed by atoms with Crippen molar-refractivity contribution in [2.24, 2.45) is 5.73 Å². The van der Waals surface area contributed by atoms with Crippen molar-refractivity contribution in [2.75, 3.05) is 6.54 Å². The number of hydrogen-bond donors (Lipinski definition) is 2. The van der Waals surface area contributed by atoms with Crippen molar-refractivity contribution in [3.63, 3.8) is 0 Å². The molecule has 0 bridgehead atoms. The fourth-order valence-electron chi connectivity index (χ4n) is 2.30. The molecular weight excluding hydrogens is 292 g/mol. The van der Waals surface area contributed by atoms with Crippen LogP contribution in [0.25, 0.3) is 5.65 Å². The third-order valence-corrected chi connectivity index (χ3v) is 3.51. The molecule has 0 saturated heterocycles. The first-order valence-electron chi connectivity index (χ1n) is 7.24. The number of pyridine rings is 1. The number of primary amides is 1. The Morgan fingerprint density at radius 1 is 1.09 bits per heavy atom. The zero-order valence-electron chi connectivity index (χ0n) is 12.4. The lowest BCUT2D eigenvalue weighted by Gasteiger charge is -2.04. The highest BCUT2D eigenvalue weighted by atomic mass is 16.2. The van der Waals surface area contributed by atoms with E-state index in [0.717, 1.165) is 11.3 Å². The lowest BCUT2D eigenvalue weighted by Crippen LogP contribution is -2.25. The van der Waals surface area contributed by atoms with E-state index < -0.39 is 5.91 Å². The largest absolute Gasteiger partial charge is 0.366 e. The van der Waals surface area contributed by atoms with Gasteiger partial charge in [0, 0.05) is 36.5 Å². The summed E-state index contributed by atoms with van der Waals surface area (Å²) in [6, 6.07) is 12.1. The molecule has 0 saturated carbocycles. The van der Waals surface area contributed by atoms with Crippen LogP contribution in [-0.4, -0.2) is 27.7 Å². The number of imidazole rings is 1. The average Bonchev–Trinajstić information content (AvgIpc) is 2.97. The second-order valence-electron chi connectivity index (χ2n) is 5.15. The van der Waals surface area contributed by atoms with E-state index in [1.165, 1.54) is 0 Å². The molecule has 3 N–H and O–H groups in total. The van der Waals surface area contributed by atoms with Gasteiger partial charge in [-0.15, -0.1) is 0 Å². The second-order valence-corrected chi connectivity index (χ2v) is 5.15. The highest BCUT2D eigenvalue weighted by Crippen LogP contribution is 2.06. The molecule has 0 aliphatic heterocycles. The lowest BCUT2D eigenvalue weighted by molar-refractivity contribution is 0.0951. The number of amides is 2. The summed E-state index contributed by atoms with van der Waals surface area (Å²) in [7, 11) is 0. The predicted molar refractivity (Wildman–Crippen MR) is 86.2 cm³/mol. The molecule has 2 aromatic heterocycles. The number of nitrogens with two attached hydrogens (primary N) is 1. The van der Waals surface area contributed by atoms with Gasteiger partial charge in [-0.2, -0.15) is 0 Å². The Morgan fingerprint density at radius 2 is 1.83 bits per heavy atom. The molecule has 23 heavy (non-hydrogen) atoms. The molecule has 2 heterocycles. The number of aromatic nitrogens is 2. The first kappa shape index (κ1) is 14.8. The van der Waals surface area contributed by atoms with Gasteiger partial charge in [0.2, 0.25) is 5.91 Å². The molecular formula is C17H16N4O2. The van der Waals surface area contributed by atoms with Gasteiger partial charge < -0.3 is 15.5 Å². The molecule has 6 nitrogen and oxygen atoms in total. The predicted octanol–water partition coefficient (Wildman–Crippen LogP) is 1.41. The zero-order chi connectivity index (χ0) is 16.2. The summed E-state index contributed by atoms with van der Waals surface area (Å²) < 4.78 is 1.94. The molecule has 6 heteroatoms. The number of nitrogens with zero attached hydrogens (tertiary/aromatic N) is 2. The van der Waals surface area contributed by atoms with E-state index in [2.05, 4.69) is 10.3 Å². The van der Waals surface area contributed by atoms with Crippen LogP contribution in [0.1, 0.15) is 26.4 Å². The Balaban J connectivity index is 1.57. The number of benzene rings is 1. The smallest absolute Gasteiger partial charge is 0.251 e. The highest BCUT2D eigenvalue weighted by Gasteiger charge is 2.07. The Bertz CT molecular complexity index is 819. The van der Waals surface area contributed by atoms with Gasteiger partial charge in [0.05, 0.1) is 5.69 Å². The van der Waals surface area contributed by atoms with Crippen LogP contribution in [0.15, 0.2) is 54.9 Å². The van der Waals surface area contributed by atoms with Crippen molar-refractivity contribution >= 4 is 17.5 Å². The first-order chi connectivity index (χ1) is 11.1. The standard InChI is InChI=1S/C17H16N4O2/c18-16(22)12-4-6-13(7-5-12)17(23)19-9-8-14-11-21-10-2-1-3-15(21)20-14/h1-7,10-11H,8-9H2,(H2,18,22)(H,19,23). The number of rotatable bonds is 5. The van der Waals surface area contributed by atoms with E-state index in [4.69, 9.17) is 5.73 Å². The van der Waals surface area contributed by atoms with Crippen molar-refractivity contribution in [3.8, 4) is 0 Å². The molecule has 0 aliphatic carbocycles. The molecule has 116 valence electrons. The van der Waals surface area contributed by atoms with E-state index in [1.807, 2.05) is 35.0 Å². The molecule has 0 unspecified atom stereocenters. The van der Waals surface area contributed by atoms with Gasteiger partial charge in [-0.05, 0) is 36.4 Å². The Hall–Kier alpha value is -3.15. The quantitative estimate of drug-likeness (QED) is 0.746. The SMILES string of the molecule is NC(=O)c1ccc(C(=O)NCCc2cn3ccccc3n2)cc1. The molecule has 0 radical (unpaired) electrons.